The van der Waals surface area contributed by atoms with Crippen LogP contribution in [-0.2, 0) is 6.42 Å². The molecule has 0 fully saturated rings. The van der Waals surface area contributed by atoms with Gasteiger partial charge >= 0.3 is 0 Å². The predicted molar refractivity (Wildman–Crippen MR) is 50.4 cm³/mol. The fraction of sp³-hybridized carbons (Fsp3) is 0.333. The maximum absolute atomic E-state index is 3.36. The van der Waals surface area contributed by atoms with Crippen LogP contribution in [0.15, 0.2) is 23.1 Å². The largest absolute Gasteiger partial charge is 0.384 e. The first-order valence-corrected chi connectivity index (χ1v) is 5.03. The van der Waals surface area contributed by atoms with Crippen LogP contribution in [0.4, 0.5) is 5.69 Å². The van der Waals surface area contributed by atoms with Gasteiger partial charge in [-0.1, -0.05) is 6.07 Å². The zero-order valence-electron chi connectivity index (χ0n) is 6.55. The van der Waals surface area contributed by atoms with Crippen molar-refractivity contribution in [1.82, 2.24) is 0 Å². The predicted octanol–water partition coefficient (Wildman–Crippen LogP) is 2.38. The van der Waals surface area contributed by atoms with Crippen molar-refractivity contribution >= 4 is 17.4 Å². The van der Waals surface area contributed by atoms with Gasteiger partial charge in [-0.25, -0.2) is 0 Å². The van der Waals surface area contributed by atoms with Crippen LogP contribution in [0.5, 0.6) is 0 Å². The second kappa shape index (κ2) is 2.78. The average Bonchev–Trinajstić information content (AvgIpc) is 2.50. The number of benzene rings is 1. The van der Waals surface area contributed by atoms with Crippen molar-refractivity contribution < 1.29 is 0 Å². The lowest BCUT2D eigenvalue weighted by Crippen LogP contribution is -1.90. The molecule has 0 unspecified atom stereocenters. The molecule has 1 aliphatic heterocycles. The summed E-state index contributed by atoms with van der Waals surface area (Å²) in [6.07, 6.45) is 3.29. The van der Waals surface area contributed by atoms with E-state index in [-0.39, 0.29) is 0 Å². The normalized spacial score (nSPS) is 14.3. The Morgan fingerprint density at radius 3 is 3.18 bits per heavy atom. The van der Waals surface area contributed by atoms with Gasteiger partial charge < -0.3 is 5.32 Å². The number of hydrogen-bond acceptors (Lipinski definition) is 2. The van der Waals surface area contributed by atoms with E-state index in [9.17, 15) is 0 Å². The minimum atomic E-state index is 1.10. The van der Waals surface area contributed by atoms with Gasteiger partial charge in [0.05, 0.1) is 0 Å². The average molecular weight is 165 g/mol. The van der Waals surface area contributed by atoms with Crippen LogP contribution in [0, 0.1) is 0 Å². The molecule has 2 heteroatoms. The number of hydrogen-bond donors (Lipinski definition) is 1. The van der Waals surface area contributed by atoms with Crippen molar-refractivity contribution in [3.05, 3.63) is 23.8 Å². The molecule has 58 valence electrons. The second-order valence-corrected chi connectivity index (χ2v) is 3.58. The van der Waals surface area contributed by atoms with E-state index in [4.69, 9.17) is 0 Å². The van der Waals surface area contributed by atoms with Gasteiger partial charge in [-0.05, 0) is 30.4 Å². The lowest BCUT2D eigenvalue weighted by molar-refractivity contribution is 1.11. The summed E-state index contributed by atoms with van der Waals surface area (Å²) >= 11 is 1.79. The van der Waals surface area contributed by atoms with Gasteiger partial charge in [-0.3, -0.25) is 0 Å². The van der Waals surface area contributed by atoms with Gasteiger partial charge in [0.25, 0.3) is 0 Å². The first-order chi connectivity index (χ1) is 5.40. The minimum absolute atomic E-state index is 1.10. The van der Waals surface area contributed by atoms with Crippen molar-refractivity contribution in [1.29, 1.82) is 0 Å². The summed E-state index contributed by atoms with van der Waals surface area (Å²) < 4.78 is 0. The molecule has 1 nitrogen and oxygen atoms in total. The highest BCUT2D eigenvalue weighted by atomic mass is 32.2. The summed E-state index contributed by atoms with van der Waals surface area (Å²) in [5, 5.41) is 3.36. The summed E-state index contributed by atoms with van der Waals surface area (Å²) in [6.45, 7) is 1.10. The van der Waals surface area contributed by atoms with Gasteiger partial charge in [0, 0.05) is 17.1 Å². The molecule has 1 N–H and O–H groups in total. The standard InChI is InChI=1S/C9H11NS/c1-11-8-3-2-7-4-5-10-9(7)6-8/h2-3,6,10H,4-5H2,1H3. The maximum atomic E-state index is 3.36. The monoisotopic (exact) mass is 165 g/mol. The summed E-state index contributed by atoms with van der Waals surface area (Å²) in [5.74, 6) is 0. The Kier molecular flexibility index (Phi) is 1.78. The molecule has 2 rings (SSSR count). The van der Waals surface area contributed by atoms with E-state index < -0.39 is 0 Å². The van der Waals surface area contributed by atoms with Crippen molar-refractivity contribution in [2.75, 3.05) is 18.1 Å². The highest BCUT2D eigenvalue weighted by Crippen LogP contribution is 2.26. The summed E-state index contributed by atoms with van der Waals surface area (Å²) in [5.41, 5.74) is 2.79. The van der Waals surface area contributed by atoms with E-state index >= 15 is 0 Å². The Balaban J connectivity index is 2.41. The third kappa shape index (κ3) is 1.23. The van der Waals surface area contributed by atoms with E-state index in [2.05, 4.69) is 29.8 Å². The number of nitrogens with one attached hydrogen (secondary N) is 1. The fourth-order valence-corrected chi connectivity index (χ4v) is 1.84. The molecule has 0 amide bonds. The molecular formula is C9H11NS. The van der Waals surface area contributed by atoms with Gasteiger partial charge in [-0.15, -0.1) is 11.8 Å². The van der Waals surface area contributed by atoms with Crippen LogP contribution in [0.25, 0.3) is 0 Å². The van der Waals surface area contributed by atoms with E-state index in [1.165, 1.54) is 22.6 Å². The topological polar surface area (TPSA) is 12.0 Å². The van der Waals surface area contributed by atoms with Crippen molar-refractivity contribution in [2.45, 2.75) is 11.3 Å². The van der Waals surface area contributed by atoms with E-state index in [0.29, 0.717) is 0 Å². The molecule has 11 heavy (non-hydrogen) atoms. The van der Waals surface area contributed by atoms with Crippen LogP contribution in [0.2, 0.25) is 0 Å². The molecule has 0 radical (unpaired) electrons. The zero-order chi connectivity index (χ0) is 7.68. The minimum Gasteiger partial charge on any atom is -0.384 e. The van der Waals surface area contributed by atoms with Crippen LogP contribution in [0.3, 0.4) is 0 Å². The van der Waals surface area contributed by atoms with Crippen LogP contribution in [0.1, 0.15) is 5.56 Å². The molecular weight excluding hydrogens is 154 g/mol. The summed E-state index contributed by atoms with van der Waals surface area (Å²) in [7, 11) is 0. The van der Waals surface area contributed by atoms with Gasteiger partial charge in [0.15, 0.2) is 0 Å². The molecule has 1 aliphatic rings. The third-order valence-corrected chi connectivity index (χ3v) is 2.75. The SMILES string of the molecule is CSc1ccc2c(c1)NCC2. The lowest BCUT2D eigenvalue weighted by Gasteiger charge is -2.01. The Labute approximate surface area is 71.2 Å². The first kappa shape index (κ1) is 7.04. The van der Waals surface area contributed by atoms with E-state index in [1.54, 1.807) is 11.8 Å². The smallest absolute Gasteiger partial charge is 0.0384 e. The number of rotatable bonds is 1. The molecule has 1 aromatic rings. The Bertz CT molecular complexity index is 270. The maximum Gasteiger partial charge on any atom is 0.0384 e. The number of fused-ring (bicyclic) bond motifs is 1. The molecule has 0 spiro atoms. The number of anilines is 1. The Morgan fingerprint density at radius 2 is 2.36 bits per heavy atom. The zero-order valence-corrected chi connectivity index (χ0v) is 7.37. The van der Waals surface area contributed by atoms with Gasteiger partial charge in [-0.2, -0.15) is 0 Å². The van der Waals surface area contributed by atoms with Crippen molar-refractivity contribution in [2.24, 2.45) is 0 Å². The van der Waals surface area contributed by atoms with Gasteiger partial charge in [0.1, 0.15) is 0 Å². The Morgan fingerprint density at radius 1 is 1.45 bits per heavy atom. The number of thioether (sulfide) groups is 1. The highest BCUT2D eigenvalue weighted by molar-refractivity contribution is 7.98. The van der Waals surface area contributed by atoms with Crippen molar-refractivity contribution in [3.63, 3.8) is 0 Å². The lowest BCUT2D eigenvalue weighted by atomic mass is 10.2. The first-order valence-electron chi connectivity index (χ1n) is 3.81. The quantitative estimate of drug-likeness (QED) is 0.641. The van der Waals surface area contributed by atoms with E-state index in [0.717, 1.165) is 6.54 Å². The van der Waals surface area contributed by atoms with Crippen LogP contribution in [-0.4, -0.2) is 12.8 Å². The van der Waals surface area contributed by atoms with Crippen molar-refractivity contribution in [3.8, 4) is 0 Å². The van der Waals surface area contributed by atoms with E-state index in [1.807, 2.05) is 0 Å². The summed E-state index contributed by atoms with van der Waals surface area (Å²) in [6, 6.07) is 6.64. The van der Waals surface area contributed by atoms with Crippen LogP contribution >= 0.6 is 11.8 Å². The van der Waals surface area contributed by atoms with Gasteiger partial charge in [0.2, 0.25) is 0 Å². The molecule has 0 bridgehead atoms. The molecule has 1 heterocycles. The molecule has 0 atom stereocenters. The highest BCUT2D eigenvalue weighted by Gasteiger charge is 2.08. The summed E-state index contributed by atoms with van der Waals surface area (Å²) in [4.78, 5) is 1.35. The molecule has 0 aliphatic carbocycles. The molecule has 1 aromatic carbocycles. The third-order valence-electron chi connectivity index (χ3n) is 2.03. The fourth-order valence-electron chi connectivity index (χ4n) is 1.40. The van der Waals surface area contributed by atoms with Crippen LogP contribution < -0.4 is 5.32 Å². The molecule has 0 saturated carbocycles. The second-order valence-electron chi connectivity index (χ2n) is 2.70. The Hall–Kier alpha value is -0.630. The molecule has 0 saturated heterocycles. The molecule has 0 aromatic heterocycles.